The first-order valence-corrected chi connectivity index (χ1v) is 8.80. The number of methoxy groups -OCH3 is 1. The molecule has 0 aliphatic heterocycles. The van der Waals surface area contributed by atoms with E-state index < -0.39 is 10.8 Å². The lowest BCUT2D eigenvalue weighted by molar-refractivity contribution is -0.445. The van der Waals surface area contributed by atoms with Crippen LogP contribution in [0.1, 0.15) is 105 Å². The van der Waals surface area contributed by atoms with Crippen LogP contribution in [-0.4, -0.2) is 32.1 Å². The fraction of sp³-hybridized carbons (Fsp3) is 0.909. The highest BCUT2D eigenvalue weighted by Crippen LogP contribution is 2.08. The molecule has 0 rings (SSSR count). The van der Waals surface area contributed by atoms with E-state index in [0.29, 0.717) is 5.41 Å². The number of rotatable bonds is 0. The van der Waals surface area contributed by atoms with Gasteiger partial charge in [-0.15, -0.1) is 12.3 Å². The highest BCUT2D eigenvalue weighted by Gasteiger charge is 2.08. The maximum Gasteiger partial charge on any atom is 0.242 e. The smallest absolute Gasteiger partial charge is 0.242 e. The molecule has 0 radical (unpaired) electrons. The molecule has 0 aliphatic carbocycles. The van der Waals surface area contributed by atoms with Crippen molar-refractivity contribution in [2.45, 2.75) is 111 Å². The van der Waals surface area contributed by atoms with Gasteiger partial charge in [-0.2, -0.15) is 0 Å². The van der Waals surface area contributed by atoms with Crippen molar-refractivity contribution in [1.29, 1.82) is 0 Å². The van der Waals surface area contributed by atoms with E-state index >= 15 is 0 Å². The minimum absolute atomic E-state index is 0. The average Bonchev–Trinajstić information content (AvgIpc) is 2.42. The normalized spacial score (nSPS) is 6.75. The molecule has 0 aromatic rings. The molecule has 0 heterocycles. The van der Waals surface area contributed by atoms with Gasteiger partial charge >= 0.3 is 0 Å². The second kappa shape index (κ2) is 63.6. The van der Waals surface area contributed by atoms with Gasteiger partial charge in [-0.3, -0.25) is 10.1 Å². The standard InChI is InChI=1S/C5H12.C3H6F2.C3H4.C2H6O.3C2H6.CH3NO2.2CH4/c1-5(2,3)4;1-3(2,4)5;2*1-3-2;3*1-2;1-2(3)4;;/h1-4H3;1-2H3;1H,2H3;1-2H3;3*1-2H3;1H3;2*1H4. The molecule has 0 bridgehead atoms. The lowest BCUT2D eigenvalue weighted by Crippen LogP contribution is -1.98. The van der Waals surface area contributed by atoms with Crippen LogP contribution in [0.2, 0.25) is 0 Å². The fourth-order valence-corrected chi connectivity index (χ4v) is 0. The zero-order chi connectivity index (χ0) is 24.0. The van der Waals surface area contributed by atoms with Gasteiger partial charge in [-0.1, -0.05) is 84.1 Å². The molecule has 0 spiro atoms. The lowest BCUT2D eigenvalue weighted by Gasteiger charge is -2.05. The van der Waals surface area contributed by atoms with Crippen molar-refractivity contribution < 1.29 is 18.4 Å². The molecule has 0 atom stereocenters. The predicted octanol–water partition coefficient (Wildman–Crippen LogP) is 8.86. The highest BCUT2D eigenvalue weighted by atomic mass is 19.3. The summed E-state index contributed by atoms with van der Waals surface area (Å²) in [7, 11) is 4.14. The average molecular weight is 422 g/mol. The van der Waals surface area contributed by atoms with Gasteiger partial charge in [-0.05, 0) is 26.2 Å². The molecular formula is C22H57F2NO3. The van der Waals surface area contributed by atoms with Gasteiger partial charge in [0.05, 0.1) is 0 Å². The third-order valence-corrected chi connectivity index (χ3v) is 0. The molecule has 0 fully saturated rings. The maximum absolute atomic E-state index is 11.0. The van der Waals surface area contributed by atoms with E-state index in [1.54, 1.807) is 21.1 Å². The number of alkyl halides is 2. The van der Waals surface area contributed by atoms with Crippen LogP contribution in [0.4, 0.5) is 8.78 Å². The molecule has 6 heteroatoms. The van der Waals surface area contributed by atoms with Gasteiger partial charge in [0.15, 0.2) is 7.05 Å². The quantitative estimate of drug-likeness (QED) is 0.223. The van der Waals surface area contributed by atoms with Crippen LogP contribution in [0, 0.1) is 27.9 Å². The Morgan fingerprint density at radius 1 is 0.857 bits per heavy atom. The summed E-state index contributed by atoms with van der Waals surface area (Å²) >= 11 is 0. The molecule has 0 saturated carbocycles. The largest absolute Gasteiger partial charge is 0.388 e. The number of ether oxygens (including phenoxy) is 1. The number of halogens is 2. The number of hydrogen-bond donors (Lipinski definition) is 0. The second-order valence-electron chi connectivity index (χ2n) is 5.46. The fourth-order valence-electron chi connectivity index (χ4n) is 0. The molecule has 28 heavy (non-hydrogen) atoms. The Labute approximate surface area is 179 Å². The Hall–Kier alpha value is -1.22. The highest BCUT2D eigenvalue weighted by molar-refractivity contribution is 4.73. The summed E-state index contributed by atoms with van der Waals surface area (Å²) in [6.45, 7) is 24.1. The maximum atomic E-state index is 11.0. The first-order valence-electron chi connectivity index (χ1n) is 8.80. The van der Waals surface area contributed by atoms with E-state index in [-0.39, 0.29) is 14.9 Å². The minimum atomic E-state index is -2.50. The van der Waals surface area contributed by atoms with Crippen molar-refractivity contribution in [3.63, 3.8) is 0 Å². The van der Waals surface area contributed by atoms with Crippen LogP contribution in [0.15, 0.2) is 0 Å². The summed E-state index contributed by atoms with van der Waals surface area (Å²) in [6, 6.07) is 0. The van der Waals surface area contributed by atoms with Crippen molar-refractivity contribution in [2.75, 3.05) is 21.3 Å². The Bertz CT molecular complexity index is 201. The molecule has 0 aromatic carbocycles. The van der Waals surface area contributed by atoms with Crippen LogP contribution in [0.5, 0.6) is 0 Å². The molecule has 4 nitrogen and oxygen atoms in total. The first-order chi connectivity index (χ1) is 11.6. The summed E-state index contributed by atoms with van der Waals surface area (Å²) in [6.07, 6.45) is 4.60. The molecule has 0 saturated heterocycles. The molecule has 0 aliphatic rings. The van der Waals surface area contributed by atoms with E-state index in [9.17, 15) is 8.78 Å². The van der Waals surface area contributed by atoms with Gasteiger partial charge in [0.1, 0.15) is 0 Å². The molecule has 0 aromatic heterocycles. The van der Waals surface area contributed by atoms with Gasteiger partial charge in [0.25, 0.3) is 0 Å². The third kappa shape index (κ3) is 9410. The van der Waals surface area contributed by atoms with Crippen molar-refractivity contribution in [1.82, 2.24) is 0 Å². The van der Waals surface area contributed by atoms with E-state index in [2.05, 4.69) is 44.8 Å². The second-order valence-corrected chi connectivity index (χ2v) is 5.46. The molecular weight excluding hydrogens is 364 g/mol. The number of nitrogens with zero attached hydrogens (tertiary/aromatic N) is 1. The van der Waals surface area contributed by atoms with Crippen LogP contribution < -0.4 is 0 Å². The molecule has 0 N–H and O–H groups in total. The first kappa shape index (κ1) is 63.2. The van der Waals surface area contributed by atoms with Crippen LogP contribution >= 0.6 is 0 Å². The zero-order valence-electron chi connectivity index (χ0n) is 20.5. The Balaban J connectivity index is -0.0000000168. The Morgan fingerprint density at radius 2 is 0.857 bits per heavy atom. The monoisotopic (exact) mass is 421 g/mol. The van der Waals surface area contributed by atoms with Crippen molar-refractivity contribution in [2.24, 2.45) is 5.41 Å². The molecule has 182 valence electrons. The van der Waals surface area contributed by atoms with Crippen molar-refractivity contribution in [3.05, 3.63) is 10.1 Å². The van der Waals surface area contributed by atoms with E-state index in [1.807, 2.05) is 41.5 Å². The third-order valence-electron chi connectivity index (χ3n) is 0. The Kier molecular flexibility index (Phi) is 144. The lowest BCUT2D eigenvalue weighted by atomic mass is 10.0. The molecule has 0 unspecified atom stereocenters. The number of nitro groups is 1. The van der Waals surface area contributed by atoms with E-state index in [0.717, 1.165) is 20.9 Å². The summed E-state index contributed by atoms with van der Waals surface area (Å²) in [4.78, 5) is 8.31. The SMILES string of the molecule is C.C.C#CC.CC.CC.CC.CC(C)(C)C.CC(C)(F)F.COC.C[N+](=O)[O-]. The van der Waals surface area contributed by atoms with Gasteiger partial charge in [0.2, 0.25) is 5.92 Å². The van der Waals surface area contributed by atoms with Gasteiger partial charge in [-0.25, -0.2) is 8.78 Å². The van der Waals surface area contributed by atoms with Crippen LogP contribution in [0.25, 0.3) is 0 Å². The topological polar surface area (TPSA) is 52.4 Å². The van der Waals surface area contributed by atoms with E-state index in [4.69, 9.17) is 10.1 Å². The van der Waals surface area contributed by atoms with Gasteiger partial charge in [0, 0.05) is 19.1 Å². The summed E-state index contributed by atoms with van der Waals surface area (Å²) in [5.74, 6) is -0.250. The predicted molar refractivity (Wildman–Crippen MR) is 129 cm³/mol. The van der Waals surface area contributed by atoms with E-state index in [1.165, 1.54) is 0 Å². The van der Waals surface area contributed by atoms with Crippen LogP contribution in [-0.2, 0) is 4.74 Å². The van der Waals surface area contributed by atoms with Crippen LogP contribution in [0.3, 0.4) is 0 Å². The minimum Gasteiger partial charge on any atom is -0.388 e. The van der Waals surface area contributed by atoms with Crippen molar-refractivity contribution in [3.8, 4) is 12.3 Å². The number of terminal acetylenes is 1. The molecule has 0 amide bonds. The van der Waals surface area contributed by atoms with Crippen molar-refractivity contribution >= 4 is 0 Å². The summed E-state index contributed by atoms with van der Waals surface area (Å²) < 4.78 is 26.3. The van der Waals surface area contributed by atoms with Gasteiger partial charge < -0.3 is 4.74 Å². The summed E-state index contributed by atoms with van der Waals surface area (Å²) in [5.41, 5.74) is 0.500. The summed E-state index contributed by atoms with van der Waals surface area (Å²) in [5, 5.41) is 8.81. The zero-order valence-corrected chi connectivity index (χ0v) is 20.5. The number of hydrogen-bond acceptors (Lipinski definition) is 3. The Morgan fingerprint density at radius 3 is 0.857 bits per heavy atom.